The lowest BCUT2D eigenvalue weighted by atomic mass is 10.1. The van der Waals surface area contributed by atoms with Gasteiger partial charge in [0.15, 0.2) is 0 Å². The third kappa shape index (κ3) is 4.07. The Morgan fingerprint density at radius 3 is 2.52 bits per heavy atom. The zero-order chi connectivity index (χ0) is 15.2. The van der Waals surface area contributed by atoms with Crippen molar-refractivity contribution in [2.24, 2.45) is 0 Å². The van der Waals surface area contributed by atoms with Crippen molar-refractivity contribution in [2.75, 3.05) is 6.61 Å². The van der Waals surface area contributed by atoms with Crippen LogP contribution in [0.2, 0.25) is 0 Å². The van der Waals surface area contributed by atoms with Crippen LogP contribution in [0, 0.1) is 6.92 Å². The van der Waals surface area contributed by atoms with E-state index < -0.39 is 0 Å². The zero-order valence-corrected chi connectivity index (χ0v) is 11.9. The first-order valence-corrected chi connectivity index (χ1v) is 6.85. The third-order valence-corrected chi connectivity index (χ3v) is 3.28. The number of aryl methyl sites for hydroxylation is 1. The molecular formula is C17H19NO3. The molecule has 2 aromatic carbocycles. The maximum atomic E-state index is 12.2. The van der Waals surface area contributed by atoms with Gasteiger partial charge in [0.1, 0.15) is 5.75 Å². The number of carbonyl (C=O) groups is 1. The number of rotatable bonds is 5. The Labute approximate surface area is 124 Å². The van der Waals surface area contributed by atoms with Gasteiger partial charge in [0.05, 0.1) is 18.2 Å². The highest BCUT2D eigenvalue weighted by atomic mass is 16.3. The molecule has 1 atom stereocenters. The first-order valence-electron chi connectivity index (χ1n) is 6.85. The van der Waals surface area contributed by atoms with E-state index in [1.807, 2.05) is 37.3 Å². The van der Waals surface area contributed by atoms with E-state index in [4.69, 9.17) is 0 Å². The van der Waals surface area contributed by atoms with Crippen LogP contribution < -0.4 is 5.32 Å². The number of carbonyl (C=O) groups excluding carboxylic acids is 1. The lowest BCUT2D eigenvalue weighted by Crippen LogP contribution is -2.39. The molecule has 0 fully saturated rings. The number of phenols is 1. The molecule has 0 aliphatic carbocycles. The van der Waals surface area contributed by atoms with Gasteiger partial charge in [-0.3, -0.25) is 4.79 Å². The monoisotopic (exact) mass is 285 g/mol. The SMILES string of the molecule is Cc1ccc(C(=O)NC(CO)Cc2ccccc2)c(O)c1. The smallest absolute Gasteiger partial charge is 0.255 e. The molecule has 0 saturated carbocycles. The molecule has 0 aliphatic rings. The topological polar surface area (TPSA) is 69.6 Å². The average Bonchev–Trinajstić information content (AvgIpc) is 2.47. The van der Waals surface area contributed by atoms with Gasteiger partial charge in [-0.25, -0.2) is 0 Å². The van der Waals surface area contributed by atoms with E-state index in [0.29, 0.717) is 6.42 Å². The molecule has 2 rings (SSSR count). The van der Waals surface area contributed by atoms with Gasteiger partial charge in [-0.15, -0.1) is 0 Å². The van der Waals surface area contributed by atoms with Crippen LogP contribution in [0.5, 0.6) is 5.75 Å². The van der Waals surface area contributed by atoms with Crippen molar-refractivity contribution in [3.05, 3.63) is 65.2 Å². The zero-order valence-electron chi connectivity index (χ0n) is 11.9. The first-order chi connectivity index (χ1) is 10.1. The van der Waals surface area contributed by atoms with Crippen molar-refractivity contribution in [1.82, 2.24) is 5.32 Å². The predicted octanol–water partition coefficient (Wildman–Crippen LogP) is 2.03. The molecule has 0 aromatic heterocycles. The summed E-state index contributed by atoms with van der Waals surface area (Å²) in [7, 11) is 0. The Morgan fingerprint density at radius 2 is 1.90 bits per heavy atom. The van der Waals surface area contributed by atoms with Crippen LogP contribution in [-0.4, -0.2) is 28.8 Å². The quantitative estimate of drug-likeness (QED) is 0.787. The van der Waals surface area contributed by atoms with Crippen LogP contribution in [0.15, 0.2) is 48.5 Å². The number of hydrogen-bond acceptors (Lipinski definition) is 3. The molecule has 1 unspecified atom stereocenters. The maximum absolute atomic E-state index is 12.2. The lowest BCUT2D eigenvalue weighted by Gasteiger charge is -2.17. The van der Waals surface area contributed by atoms with E-state index in [0.717, 1.165) is 11.1 Å². The molecule has 0 aliphatic heterocycles. The Bertz CT molecular complexity index is 611. The molecule has 0 radical (unpaired) electrons. The summed E-state index contributed by atoms with van der Waals surface area (Å²) in [5, 5.41) is 22.0. The number of phenolic OH excluding ortho intramolecular Hbond substituents is 1. The Morgan fingerprint density at radius 1 is 1.19 bits per heavy atom. The molecule has 0 spiro atoms. The second kappa shape index (κ2) is 6.90. The largest absolute Gasteiger partial charge is 0.507 e. The number of aliphatic hydroxyl groups is 1. The fraction of sp³-hybridized carbons (Fsp3) is 0.235. The van der Waals surface area contributed by atoms with Crippen molar-refractivity contribution in [3.63, 3.8) is 0 Å². The molecule has 4 heteroatoms. The number of hydrogen-bond donors (Lipinski definition) is 3. The van der Waals surface area contributed by atoms with Gasteiger partial charge in [-0.1, -0.05) is 36.4 Å². The summed E-state index contributed by atoms with van der Waals surface area (Å²) in [6, 6.07) is 14.1. The van der Waals surface area contributed by atoms with E-state index in [9.17, 15) is 15.0 Å². The van der Waals surface area contributed by atoms with Crippen molar-refractivity contribution in [3.8, 4) is 5.75 Å². The van der Waals surface area contributed by atoms with Crippen molar-refractivity contribution in [2.45, 2.75) is 19.4 Å². The van der Waals surface area contributed by atoms with E-state index in [2.05, 4.69) is 5.32 Å². The number of amides is 1. The van der Waals surface area contributed by atoms with E-state index in [1.165, 1.54) is 0 Å². The molecular weight excluding hydrogens is 266 g/mol. The molecule has 21 heavy (non-hydrogen) atoms. The van der Waals surface area contributed by atoms with Crippen molar-refractivity contribution < 1.29 is 15.0 Å². The normalized spacial score (nSPS) is 11.9. The van der Waals surface area contributed by atoms with Crippen LogP contribution in [0.3, 0.4) is 0 Å². The van der Waals surface area contributed by atoms with Gasteiger partial charge in [-0.05, 0) is 36.6 Å². The highest BCUT2D eigenvalue weighted by molar-refractivity contribution is 5.97. The summed E-state index contributed by atoms with van der Waals surface area (Å²) < 4.78 is 0. The molecule has 2 aromatic rings. The summed E-state index contributed by atoms with van der Waals surface area (Å²) in [5.74, 6) is -0.439. The van der Waals surface area contributed by atoms with E-state index in [-0.39, 0.29) is 29.9 Å². The molecule has 4 nitrogen and oxygen atoms in total. The fourth-order valence-electron chi connectivity index (χ4n) is 2.16. The summed E-state index contributed by atoms with van der Waals surface area (Å²) >= 11 is 0. The first kappa shape index (κ1) is 15.1. The van der Waals surface area contributed by atoms with Crippen LogP contribution >= 0.6 is 0 Å². The van der Waals surface area contributed by atoms with Gasteiger partial charge in [0.2, 0.25) is 0 Å². The minimum absolute atomic E-state index is 0.0519. The minimum Gasteiger partial charge on any atom is -0.507 e. The van der Waals surface area contributed by atoms with Crippen molar-refractivity contribution in [1.29, 1.82) is 0 Å². The number of aliphatic hydroxyl groups excluding tert-OH is 1. The highest BCUT2D eigenvalue weighted by Gasteiger charge is 2.16. The standard InChI is InChI=1S/C17H19NO3/c1-12-7-8-15(16(20)9-12)17(21)18-14(11-19)10-13-5-3-2-4-6-13/h2-9,14,19-20H,10-11H2,1H3,(H,18,21). The fourth-order valence-corrected chi connectivity index (χ4v) is 2.16. The molecule has 0 heterocycles. The predicted molar refractivity (Wildman–Crippen MR) is 81.3 cm³/mol. The molecule has 110 valence electrons. The number of aromatic hydroxyl groups is 1. The highest BCUT2D eigenvalue weighted by Crippen LogP contribution is 2.18. The lowest BCUT2D eigenvalue weighted by molar-refractivity contribution is 0.0914. The summed E-state index contributed by atoms with van der Waals surface area (Å²) in [6.07, 6.45) is 0.537. The third-order valence-electron chi connectivity index (χ3n) is 3.28. The molecule has 0 saturated heterocycles. The number of benzene rings is 2. The van der Waals surface area contributed by atoms with E-state index >= 15 is 0 Å². The van der Waals surface area contributed by atoms with Crippen LogP contribution in [0.1, 0.15) is 21.5 Å². The Hall–Kier alpha value is -2.33. The number of nitrogens with one attached hydrogen (secondary N) is 1. The molecule has 3 N–H and O–H groups in total. The van der Waals surface area contributed by atoms with Crippen LogP contribution in [-0.2, 0) is 6.42 Å². The van der Waals surface area contributed by atoms with Crippen LogP contribution in [0.4, 0.5) is 0 Å². The molecule has 0 bridgehead atoms. The van der Waals surface area contributed by atoms with Crippen LogP contribution in [0.25, 0.3) is 0 Å². The van der Waals surface area contributed by atoms with Gasteiger partial charge >= 0.3 is 0 Å². The summed E-state index contributed by atoms with van der Waals surface area (Å²) in [6.45, 7) is 1.68. The van der Waals surface area contributed by atoms with Gasteiger partial charge in [-0.2, -0.15) is 0 Å². The summed E-state index contributed by atoms with van der Waals surface area (Å²) in [4.78, 5) is 12.2. The summed E-state index contributed by atoms with van der Waals surface area (Å²) in [5.41, 5.74) is 2.13. The second-order valence-corrected chi connectivity index (χ2v) is 5.06. The van der Waals surface area contributed by atoms with Crippen molar-refractivity contribution >= 4 is 5.91 Å². The van der Waals surface area contributed by atoms with Gasteiger partial charge < -0.3 is 15.5 Å². The molecule has 1 amide bonds. The second-order valence-electron chi connectivity index (χ2n) is 5.06. The maximum Gasteiger partial charge on any atom is 0.255 e. The van der Waals surface area contributed by atoms with Gasteiger partial charge in [0.25, 0.3) is 5.91 Å². The Kier molecular flexibility index (Phi) is 4.95. The average molecular weight is 285 g/mol. The minimum atomic E-state index is -0.388. The Balaban J connectivity index is 2.06. The van der Waals surface area contributed by atoms with Gasteiger partial charge in [0, 0.05) is 0 Å². The van der Waals surface area contributed by atoms with E-state index in [1.54, 1.807) is 18.2 Å².